The molecule has 3 aromatic rings. The normalized spacial score (nSPS) is 14.4. The van der Waals surface area contributed by atoms with Gasteiger partial charge in [-0.15, -0.1) is 54.7 Å². The van der Waals surface area contributed by atoms with Gasteiger partial charge in [-0.3, -0.25) is 9.88 Å². The number of fused-ring (bicyclic) bond motifs is 1. The van der Waals surface area contributed by atoms with Crippen LogP contribution in [0.25, 0.3) is 5.69 Å². The molecule has 0 radical (unpaired) electrons. The fourth-order valence-electron chi connectivity index (χ4n) is 3.78. The van der Waals surface area contributed by atoms with Crippen LogP contribution in [-0.2, 0) is 19.5 Å². The summed E-state index contributed by atoms with van der Waals surface area (Å²) in [6.07, 6.45) is 7.34. The Bertz CT molecular complexity index is 904. The summed E-state index contributed by atoms with van der Waals surface area (Å²) in [6.45, 7) is 1.22. The van der Waals surface area contributed by atoms with Crippen LogP contribution in [0.3, 0.4) is 0 Å². The Morgan fingerprint density at radius 1 is 1.10 bits per heavy atom. The van der Waals surface area contributed by atoms with Crippen LogP contribution in [0.4, 0.5) is 0 Å². The summed E-state index contributed by atoms with van der Waals surface area (Å²) >= 11 is 0. The summed E-state index contributed by atoms with van der Waals surface area (Å²) in [5.41, 5.74) is 11.4. The zero-order chi connectivity index (χ0) is 17.9. The van der Waals surface area contributed by atoms with Crippen LogP contribution in [0, 0.1) is 0 Å². The molecule has 0 aliphatic heterocycles. The second kappa shape index (κ2) is 13.1. The molecule has 0 bridgehead atoms. The van der Waals surface area contributed by atoms with Gasteiger partial charge in [-0.05, 0) is 49.6 Å². The van der Waals surface area contributed by atoms with Gasteiger partial charge in [-0.25, -0.2) is 4.68 Å². The van der Waals surface area contributed by atoms with Gasteiger partial charge in [0.25, 0.3) is 0 Å². The van der Waals surface area contributed by atoms with Crippen LogP contribution >= 0.6 is 49.6 Å². The highest BCUT2D eigenvalue weighted by Gasteiger charge is 2.25. The average molecular weight is 494 g/mol. The topological polar surface area (TPSA) is 72.9 Å². The van der Waals surface area contributed by atoms with E-state index in [0.29, 0.717) is 12.6 Å². The maximum Gasteiger partial charge on any atom is 0.0971 e. The standard InChI is InChI=1S/C20H24N6.4ClH/c1-25(19-10-4-7-15-8-5-11-22-20(15)19)13-17-14-26(24-23-17)18-9-3-2-6-16(18)12-21;;;;/h2-3,5-6,8-9,11,14,19H,4,7,10,12-13,21H2,1H3;4*1H. The number of rotatable bonds is 5. The monoisotopic (exact) mass is 492 g/mol. The van der Waals surface area contributed by atoms with Crippen molar-refractivity contribution in [3.8, 4) is 5.69 Å². The van der Waals surface area contributed by atoms with E-state index >= 15 is 0 Å². The van der Waals surface area contributed by atoms with Gasteiger partial charge in [0.15, 0.2) is 0 Å². The fraction of sp³-hybridized carbons (Fsp3) is 0.350. The minimum absolute atomic E-state index is 0. The van der Waals surface area contributed by atoms with Crippen molar-refractivity contribution in [3.63, 3.8) is 0 Å². The molecule has 0 amide bonds. The highest BCUT2D eigenvalue weighted by molar-refractivity contribution is 5.86. The van der Waals surface area contributed by atoms with E-state index in [1.807, 2.05) is 47.4 Å². The molecular formula is C20H28Cl4N6. The molecule has 0 fully saturated rings. The molecule has 30 heavy (non-hydrogen) atoms. The molecular weight excluding hydrogens is 466 g/mol. The smallest absolute Gasteiger partial charge is 0.0971 e. The van der Waals surface area contributed by atoms with Crippen LogP contribution < -0.4 is 5.73 Å². The van der Waals surface area contributed by atoms with Gasteiger partial charge in [0, 0.05) is 19.3 Å². The van der Waals surface area contributed by atoms with Crippen molar-refractivity contribution >= 4 is 49.6 Å². The molecule has 0 spiro atoms. The number of pyridine rings is 1. The molecule has 1 aromatic carbocycles. The molecule has 166 valence electrons. The van der Waals surface area contributed by atoms with E-state index in [1.165, 1.54) is 17.7 Å². The lowest BCUT2D eigenvalue weighted by Gasteiger charge is -2.31. The molecule has 1 aliphatic carbocycles. The summed E-state index contributed by atoms with van der Waals surface area (Å²) in [4.78, 5) is 6.97. The number of hydrogen-bond donors (Lipinski definition) is 1. The molecule has 1 aliphatic rings. The van der Waals surface area contributed by atoms with Crippen molar-refractivity contribution in [2.75, 3.05) is 7.05 Å². The predicted octanol–water partition coefficient (Wildman–Crippen LogP) is 4.32. The molecule has 0 saturated carbocycles. The van der Waals surface area contributed by atoms with Gasteiger partial charge >= 0.3 is 0 Å². The first kappa shape index (κ1) is 28.6. The highest BCUT2D eigenvalue weighted by atomic mass is 35.5. The first-order chi connectivity index (χ1) is 12.8. The van der Waals surface area contributed by atoms with E-state index < -0.39 is 0 Å². The van der Waals surface area contributed by atoms with E-state index in [-0.39, 0.29) is 49.6 Å². The zero-order valence-electron chi connectivity index (χ0n) is 16.7. The van der Waals surface area contributed by atoms with Gasteiger partial charge in [-0.2, -0.15) is 0 Å². The van der Waals surface area contributed by atoms with Crippen molar-refractivity contribution in [3.05, 3.63) is 71.3 Å². The Hall–Kier alpha value is -1.41. The third-order valence-corrected chi connectivity index (χ3v) is 5.11. The van der Waals surface area contributed by atoms with Gasteiger partial charge in [0.05, 0.1) is 29.3 Å². The average Bonchev–Trinajstić information content (AvgIpc) is 3.15. The zero-order valence-corrected chi connectivity index (χ0v) is 19.9. The van der Waals surface area contributed by atoms with Crippen molar-refractivity contribution in [1.82, 2.24) is 24.9 Å². The second-order valence-corrected chi connectivity index (χ2v) is 6.86. The predicted molar refractivity (Wildman–Crippen MR) is 130 cm³/mol. The first-order valence-corrected chi connectivity index (χ1v) is 9.10. The van der Waals surface area contributed by atoms with Crippen LogP contribution in [0.15, 0.2) is 48.8 Å². The van der Waals surface area contributed by atoms with Crippen molar-refractivity contribution < 1.29 is 0 Å². The fourth-order valence-corrected chi connectivity index (χ4v) is 3.78. The molecule has 0 saturated heterocycles. The van der Waals surface area contributed by atoms with E-state index in [0.717, 1.165) is 36.3 Å². The largest absolute Gasteiger partial charge is 0.326 e. The van der Waals surface area contributed by atoms with Crippen LogP contribution in [0.1, 0.15) is 41.4 Å². The van der Waals surface area contributed by atoms with E-state index in [4.69, 9.17) is 5.73 Å². The van der Waals surface area contributed by atoms with Crippen LogP contribution in [0.5, 0.6) is 0 Å². The minimum atomic E-state index is 0. The van der Waals surface area contributed by atoms with Gasteiger partial charge in [0.1, 0.15) is 0 Å². The molecule has 2 aromatic heterocycles. The number of para-hydroxylation sites is 1. The summed E-state index contributed by atoms with van der Waals surface area (Å²) in [7, 11) is 2.14. The van der Waals surface area contributed by atoms with Crippen LogP contribution in [0.2, 0.25) is 0 Å². The lowest BCUT2D eigenvalue weighted by atomic mass is 9.91. The highest BCUT2D eigenvalue weighted by Crippen LogP contribution is 2.32. The molecule has 4 rings (SSSR count). The molecule has 6 nitrogen and oxygen atoms in total. The lowest BCUT2D eigenvalue weighted by Crippen LogP contribution is -2.28. The van der Waals surface area contributed by atoms with Gasteiger partial charge in [0.2, 0.25) is 0 Å². The van der Waals surface area contributed by atoms with E-state index in [9.17, 15) is 0 Å². The summed E-state index contributed by atoms with van der Waals surface area (Å²) in [5, 5.41) is 8.68. The maximum absolute atomic E-state index is 5.84. The number of nitrogens with two attached hydrogens (primary N) is 1. The van der Waals surface area contributed by atoms with Gasteiger partial charge < -0.3 is 5.73 Å². The summed E-state index contributed by atoms with van der Waals surface area (Å²) in [5.74, 6) is 0. The molecule has 1 unspecified atom stereocenters. The second-order valence-electron chi connectivity index (χ2n) is 6.86. The summed E-state index contributed by atoms with van der Waals surface area (Å²) < 4.78 is 1.82. The van der Waals surface area contributed by atoms with Crippen LogP contribution in [-0.4, -0.2) is 31.9 Å². The lowest BCUT2D eigenvalue weighted by molar-refractivity contribution is 0.206. The Labute approximate surface area is 202 Å². The number of halogens is 4. The van der Waals surface area contributed by atoms with Gasteiger partial charge in [-0.1, -0.05) is 29.5 Å². The molecule has 10 heteroatoms. The third-order valence-electron chi connectivity index (χ3n) is 5.11. The van der Waals surface area contributed by atoms with E-state index in [2.05, 4.69) is 33.3 Å². The quantitative estimate of drug-likeness (QED) is 0.572. The van der Waals surface area contributed by atoms with E-state index in [1.54, 1.807) is 0 Å². The van der Waals surface area contributed by atoms with Crippen molar-refractivity contribution in [2.24, 2.45) is 5.73 Å². The Morgan fingerprint density at radius 3 is 2.63 bits per heavy atom. The number of nitrogens with zero attached hydrogens (tertiary/aromatic N) is 5. The Kier molecular flexibility index (Phi) is 12.5. The number of hydrogen-bond acceptors (Lipinski definition) is 5. The first-order valence-electron chi connectivity index (χ1n) is 9.10. The number of aryl methyl sites for hydroxylation is 1. The number of aromatic nitrogens is 4. The Morgan fingerprint density at radius 2 is 1.87 bits per heavy atom. The third kappa shape index (κ3) is 6.06. The number of benzene rings is 1. The molecule has 1 atom stereocenters. The summed E-state index contributed by atoms with van der Waals surface area (Å²) in [6, 6.07) is 12.6. The minimum Gasteiger partial charge on any atom is -0.326 e. The SMILES string of the molecule is CN(Cc1cn(-c2ccccc2CN)nn1)C1CCCc2cccnc21.Cl.Cl.Cl.Cl. The molecule has 2 N–H and O–H groups in total. The molecule has 2 heterocycles. The van der Waals surface area contributed by atoms with Crippen molar-refractivity contribution in [1.29, 1.82) is 0 Å². The maximum atomic E-state index is 5.84. The Balaban J connectivity index is 0.00000210. The van der Waals surface area contributed by atoms with Crippen molar-refractivity contribution in [2.45, 2.75) is 38.4 Å².